The Morgan fingerprint density at radius 1 is 0.647 bits per heavy atom. The molecule has 188 valence electrons. The van der Waals surface area contributed by atoms with Crippen molar-refractivity contribution >= 4 is 39.4 Å². The van der Waals surface area contributed by atoms with E-state index in [-0.39, 0.29) is 0 Å². The van der Waals surface area contributed by atoms with Gasteiger partial charge in [-0.25, -0.2) is 4.57 Å². The molecule has 0 spiro atoms. The number of pyridine rings is 1. The zero-order chi connectivity index (χ0) is 24.3. The predicted molar refractivity (Wildman–Crippen MR) is 158 cm³/mol. The molecule has 2 rings (SSSR count). The Morgan fingerprint density at radius 2 is 1.15 bits per heavy atom. The normalized spacial score (nSPS) is 11.4. The molecule has 1 aromatic carbocycles. The van der Waals surface area contributed by atoms with Gasteiger partial charge in [0.1, 0.15) is 6.54 Å². The summed E-state index contributed by atoms with van der Waals surface area (Å²) in [4.78, 5) is 2.13. The second kappa shape index (κ2) is 18.9. The van der Waals surface area contributed by atoms with E-state index in [2.05, 4.69) is 113 Å². The van der Waals surface area contributed by atoms with E-state index in [9.17, 15) is 0 Å². The minimum Gasteiger partial charge on any atom is -0.378 e. The van der Waals surface area contributed by atoms with Crippen molar-refractivity contribution < 1.29 is 4.57 Å². The first-order chi connectivity index (χ1) is 16.7. The topological polar surface area (TPSA) is 7.12 Å². The monoisotopic (exact) mass is 499 g/mol. The lowest BCUT2D eigenvalue weighted by molar-refractivity contribution is -0.697. The van der Waals surface area contributed by atoms with Gasteiger partial charge >= 0.3 is 0 Å². The Morgan fingerprint density at radius 3 is 1.71 bits per heavy atom. The van der Waals surface area contributed by atoms with E-state index in [0.717, 1.165) is 6.54 Å². The lowest BCUT2D eigenvalue weighted by atomic mass is 10.1. The van der Waals surface area contributed by atoms with Crippen molar-refractivity contribution in [1.82, 2.24) is 0 Å². The molecule has 0 aliphatic rings. The Bertz CT molecular complexity index is 769. The molecule has 4 heteroatoms. The fourth-order valence-electron chi connectivity index (χ4n) is 3.82. The summed E-state index contributed by atoms with van der Waals surface area (Å²) in [6, 6.07) is 13.1. The molecule has 0 unspecified atom stereocenters. The summed E-state index contributed by atoms with van der Waals surface area (Å²) < 4.78 is 2.32. The second-order valence-electron chi connectivity index (χ2n) is 9.37. The van der Waals surface area contributed by atoms with Crippen molar-refractivity contribution in [2.45, 2.75) is 84.1 Å². The van der Waals surface area contributed by atoms with Gasteiger partial charge in [-0.1, -0.05) is 97.7 Å². The summed E-state index contributed by atoms with van der Waals surface area (Å²) in [6.07, 6.45) is 24.0. The average molecular weight is 500 g/mol. The van der Waals surface area contributed by atoms with Crippen molar-refractivity contribution in [3.8, 4) is 0 Å². The number of hydrogen-bond donors (Lipinski definition) is 0. The average Bonchev–Trinajstić information content (AvgIpc) is 2.86. The number of rotatable bonds is 19. The number of aromatic nitrogens is 1. The van der Waals surface area contributed by atoms with Gasteiger partial charge in [0, 0.05) is 49.8 Å². The van der Waals surface area contributed by atoms with E-state index >= 15 is 0 Å². The fourth-order valence-corrected chi connectivity index (χ4v) is 6.20. The summed E-state index contributed by atoms with van der Waals surface area (Å²) in [6.45, 7) is 3.40. The molecule has 0 aliphatic carbocycles. The third-order valence-electron chi connectivity index (χ3n) is 6.10. The smallest absolute Gasteiger partial charge is 0.169 e. The maximum atomic E-state index is 2.32. The molecule has 0 aliphatic heterocycles. The summed E-state index contributed by atoms with van der Waals surface area (Å²) >= 11 is 0. The van der Waals surface area contributed by atoms with Crippen LogP contribution in [-0.4, -0.2) is 25.6 Å². The lowest BCUT2D eigenvalue weighted by Gasteiger charge is -2.11. The van der Waals surface area contributed by atoms with Crippen LogP contribution in [-0.2, 0) is 6.54 Å². The molecule has 0 N–H and O–H groups in total. The minimum absolute atomic E-state index is 1.13. The Hall–Kier alpha value is -1.39. The molecule has 0 saturated heterocycles. The highest BCUT2D eigenvalue weighted by molar-refractivity contribution is 8.76. The van der Waals surface area contributed by atoms with E-state index in [0.29, 0.717) is 0 Å². The Labute approximate surface area is 218 Å². The van der Waals surface area contributed by atoms with Crippen molar-refractivity contribution in [3.05, 3.63) is 59.9 Å². The van der Waals surface area contributed by atoms with Gasteiger partial charge in [0.05, 0.1) is 0 Å². The SMILES string of the molecule is CCCCSSCCCCCCCCCCC[n+]1ccc(/C=C/c2ccc(N(C)C)cc2)cc1. The molecule has 2 aromatic rings. The number of unbranched alkanes of at least 4 members (excludes halogenated alkanes) is 9. The molecule has 0 atom stereocenters. The van der Waals surface area contributed by atoms with Crippen LogP contribution < -0.4 is 9.47 Å². The van der Waals surface area contributed by atoms with E-state index in [1.807, 2.05) is 0 Å². The summed E-state index contributed by atoms with van der Waals surface area (Å²) in [5.74, 6) is 2.67. The van der Waals surface area contributed by atoms with E-state index in [4.69, 9.17) is 0 Å². The van der Waals surface area contributed by atoms with Gasteiger partial charge in [0.15, 0.2) is 12.4 Å². The van der Waals surface area contributed by atoms with Crippen molar-refractivity contribution in [2.24, 2.45) is 0 Å². The van der Waals surface area contributed by atoms with Gasteiger partial charge in [-0.3, -0.25) is 0 Å². The van der Waals surface area contributed by atoms with Crippen LogP contribution in [0, 0.1) is 0 Å². The Balaban J connectivity index is 1.47. The van der Waals surface area contributed by atoms with Crippen LogP contribution in [0.15, 0.2) is 48.8 Å². The van der Waals surface area contributed by atoms with Crippen molar-refractivity contribution in [1.29, 1.82) is 0 Å². The number of nitrogens with zero attached hydrogens (tertiary/aromatic N) is 2. The molecular weight excluding hydrogens is 452 g/mol. The molecule has 1 heterocycles. The summed E-state index contributed by atoms with van der Waals surface area (Å²) in [5, 5.41) is 0. The van der Waals surface area contributed by atoms with Crippen molar-refractivity contribution in [3.63, 3.8) is 0 Å². The van der Waals surface area contributed by atoms with Gasteiger partial charge in [-0.05, 0) is 42.5 Å². The number of anilines is 1. The van der Waals surface area contributed by atoms with Crippen LogP contribution in [0.3, 0.4) is 0 Å². The van der Waals surface area contributed by atoms with Gasteiger partial charge < -0.3 is 4.90 Å². The number of aryl methyl sites for hydroxylation is 1. The standard InChI is InChI=1S/C30H47N2S2/c1-4-5-26-33-34-27-14-12-10-8-6-7-9-11-13-23-32-24-21-29(22-25-32)16-15-28-17-19-30(20-18-28)31(2)3/h15-22,24-25H,4-14,23,26-27H2,1-3H3/q+1. The molecular formula is C30H47N2S2+. The minimum atomic E-state index is 1.13. The van der Waals surface area contributed by atoms with Crippen LogP contribution in [0.5, 0.6) is 0 Å². The van der Waals surface area contributed by atoms with Gasteiger partial charge in [0.25, 0.3) is 0 Å². The molecule has 0 amide bonds. The fraction of sp³-hybridized carbons (Fsp3) is 0.567. The highest BCUT2D eigenvalue weighted by Gasteiger charge is 2.01. The first-order valence-electron chi connectivity index (χ1n) is 13.4. The maximum absolute atomic E-state index is 2.32. The van der Waals surface area contributed by atoms with E-state index < -0.39 is 0 Å². The van der Waals surface area contributed by atoms with Crippen molar-refractivity contribution in [2.75, 3.05) is 30.5 Å². The molecule has 0 fully saturated rings. The third kappa shape index (κ3) is 13.5. The first-order valence-corrected chi connectivity index (χ1v) is 15.9. The quantitative estimate of drug-likeness (QED) is 0.108. The highest BCUT2D eigenvalue weighted by atomic mass is 33.1. The summed E-state index contributed by atoms with van der Waals surface area (Å²) in [7, 11) is 8.29. The second-order valence-corrected chi connectivity index (χ2v) is 12.1. The molecule has 0 saturated carbocycles. The zero-order valence-corrected chi connectivity index (χ0v) is 23.5. The van der Waals surface area contributed by atoms with Crippen LogP contribution >= 0.6 is 21.6 Å². The largest absolute Gasteiger partial charge is 0.378 e. The first kappa shape index (κ1) is 28.8. The van der Waals surface area contributed by atoms with Crippen LogP contribution in [0.1, 0.15) is 88.7 Å². The van der Waals surface area contributed by atoms with Gasteiger partial charge in [0.2, 0.25) is 0 Å². The molecule has 2 nitrogen and oxygen atoms in total. The van der Waals surface area contributed by atoms with Crippen LogP contribution in [0.2, 0.25) is 0 Å². The zero-order valence-electron chi connectivity index (χ0n) is 21.9. The molecule has 0 bridgehead atoms. The lowest BCUT2D eigenvalue weighted by Crippen LogP contribution is -2.32. The van der Waals surface area contributed by atoms with E-state index in [1.165, 1.54) is 98.9 Å². The third-order valence-corrected chi connectivity index (χ3v) is 8.68. The maximum Gasteiger partial charge on any atom is 0.169 e. The highest BCUT2D eigenvalue weighted by Crippen LogP contribution is 2.24. The summed E-state index contributed by atoms with van der Waals surface area (Å²) in [5.41, 5.74) is 3.72. The van der Waals surface area contributed by atoms with Crippen LogP contribution in [0.4, 0.5) is 5.69 Å². The van der Waals surface area contributed by atoms with Gasteiger partial charge in [-0.2, -0.15) is 0 Å². The van der Waals surface area contributed by atoms with Gasteiger partial charge in [-0.15, -0.1) is 0 Å². The molecule has 34 heavy (non-hydrogen) atoms. The molecule has 1 aromatic heterocycles. The number of hydrogen-bond acceptors (Lipinski definition) is 3. The molecule has 0 radical (unpaired) electrons. The Kier molecular flexibility index (Phi) is 16.0. The van der Waals surface area contributed by atoms with E-state index in [1.54, 1.807) is 0 Å². The van der Waals surface area contributed by atoms with Crippen LogP contribution in [0.25, 0.3) is 12.2 Å². The number of benzene rings is 1. The predicted octanol–water partition coefficient (Wildman–Crippen LogP) is 8.90.